The van der Waals surface area contributed by atoms with Gasteiger partial charge in [0.1, 0.15) is 17.2 Å². The lowest BCUT2D eigenvalue weighted by Crippen LogP contribution is -2.27. The van der Waals surface area contributed by atoms with Crippen LogP contribution in [0.1, 0.15) is 28.5 Å². The van der Waals surface area contributed by atoms with Crippen LogP contribution < -0.4 is 10.5 Å². The van der Waals surface area contributed by atoms with Crippen LogP contribution in [0.2, 0.25) is 0 Å². The van der Waals surface area contributed by atoms with E-state index in [9.17, 15) is 14.9 Å². The highest BCUT2D eigenvalue weighted by Crippen LogP contribution is 2.31. The summed E-state index contributed by atoms with van der Waals surface area (Å²) in [5.41, 5.74) is 0.0566. The number of fused-ring (bicyclic) bond motifs is 1. The first kappa shape index (κ1) is 19.0. The van der Waals surface area contributed by atoms with Crippen molar-refractivity contribution < 1.29 is 14.6 Å². The molecule has 0 aliphatic carbocycles. The molecule has 3 rings (SSSR count). The molecule has 142 valence electrons. The molecule has 0 unspecified atom stereocenters. The van der Waals surface area contributed by atoms with Crippen molar-refractivity contribution in [2.24, 2.45) is 0 Å². The van der Waals surface area contributed by atoms with E-state index in [4.69, 9.17) is 9.84 Å². The summed E-state index contributed by atoms with van der Waals surface area (Å²) in [4.78, 5) is 35.3. The Bertz CT molecular complexity index is 1130. The number of rotatable bonds is 5. The minimum Gasteiger partial charge on any atom is -0.462 e. The van der Waals surface area contributed by atoms with Crippen LogP contribution >= 0.6 is 0 Å². The first-order chi connectivity index (χ1) is 13.5. The van der Waals surface area contributed by atoms with Crippen LogP contribution in [0.4, 0.5) is 11.5 Å². The van der Waals surface area contributed by atoms with E-state index in [0.29, 0.717) is 17.0 Å². The molecule has 0 atom stereocenters. The predicted octanol–water partition coefficient (Wildman–Crippen LogP) is 1.40. The standard InChI is InChI=1S/C19H17N5O4/c1-3-28-19(27)16-14-6-4-5-7-24(14)18(26)13(8-20)17(16)23(2)15-10-21-12(11-25)9-22-15/h4-7,9-10,25H,3,11H2,1-2H3. The number of carbonyl (C=O) groups excluding carboxylic acids is 1. The summed E-state index contributed by atoms with van der Waals surface area (Å²) in [5.74, 6) is -0.372. The highest BCUT2D eigenvalue weighted by atomic mass is 16.5. The second-order valence-electron chi connectivity index (χ2n) is 5.77. The van der Waals surface area contributed by atoms with Gasteiger partial charge in [0.2, 0.25) is 0 Å². The Morgan fingerprint density at radius 1 is 1.36 bits per heavy atom. The minimum absolute atomic E-state index is 0.0779. The van der Waals surface area contributed by atoms with Gasteiger partial charge in [-0.15, -0.1) is 0 Å². The van der Waals surface area contributed by atoms with Crippen molar-refractivity contribution in [2.45, 2.75) is 13.5 Å². The summed E-state index contributed by atoms with van der Waals surface area (Å²) in [6.45, 7) is 1.53. The third kappa shape index (κ3) is 3.17. The predicted molar refractivity (Wildman–Crippen MR) is 100 cm³/mol. The Morgan fingerprint density at radius 2 is 2.14 bits per heavy atom. The van der Waals surface area contributed by atoms with E-state index in [1.165, 1.54) is 27.9 Å². The first-order valence-corrected chi connectivity index (χ1v) is 8.43. The van der Waals surface area contributed by atoms with Crippen LogP contribution in [0.25, 0.3) is 5.52 Å². The van der Waals surface area contributed by atoms with Crippen molar-refractivity contribution in [3.05, 3.63) is 64.0 Å². The third-order valence-corrected chi connectivity index (χ3v) is 4.15. The molecule has 0 fully saturated rings. The van der Waals surface area contributed by atoms with E-state index in [1.54, 1.807) is 32.2 Å². The number of anilines is 2. The van der Waals surface area contributed by atoms with E-state index in [2.05, 4.69) is 9.97 Å². The van der Waals surface area contributed by atoms with E-state index in [1.807, 2.05) is 6.07 Å². The number of esters is 1. The second-order valence-corrected chi connectivity index (χ2v) is 5.77. The smallest absolute Gasteiger partial charge is 0.342 e. The Hall–Kier alpha value is -3.77. The molecule has 0 aromatic carbocycles. The highest BCUT2D eigenvalue weighted by molar-refractivity contribution is 6.04. The van der Waals surface area contributed by atoms with Crippen molar-refractivity contribution in [3.8, 4) is 6.07 Å². The molecule has 9 nitrogen and oxygen atoms in total. The fourth-order valence-corrected chi connectivity index (χ4v) is 2.85. The SMILES string of the molecule is CCOC(=O)c1c(N(C)c2cnc(CO)cn2)c(C#N)c(=O)n2ccccc12. The lowest BCUT2D eigenvalue weighted by molar-refractivity contribution is 0.0529. The molecule has 0 radical (unpaired) electrons. The van der Waals surface area contributed by atoms with Crippen LogP contribution in [-0.4, -0.2) is 39.1 Å². The molecule has 0 amide bonds. The number of carbonyl (C=O) groups is 1. The number of pyridine rings is 2. The Balaban J connectivity index is 2.35. The maximum absolute atomic E-state index is 12.8. The average Bonchev–Trinajstić information content (AvgIpc) is 2.73. The molecule has 28 heavy (non-hydrogen) atoms. The highest BCUT2D eigenvalue weighted by Gasteiger charge is 2.27. The summed E-state index contributed by atoms with van der Waals surface area (Å²) in [5, 5.41) is 18.8. The molecule has 3 aromatic heterocycles. The molecule has 1 N–H and O–H groups in total. The van der Waals surface area contributed by atoms with Crippen LogP contribution in [0.3, 0.4) is 0 Å². The van der Waals surface area contributed by atoms with Crippen molar-refractivity contribution in [2.75, 3.05) is 18.6 Å². The molecule has 0 saturated carbocycles. The average molecular weight is 379 g/mol. The van der Waals surface area contributed by atoms with Crippen molar-refractivity contribution in [1.82, 2.24) is 14.4 Å². The summed E-state index contributed by atoms with van der Waals surface area (Å²) in [6, 6.07) is 6.82. The quantitative estimate of drug-likeness (QED) is 0.660. The number of hydrogen-bond donors (Lipinski definition) is 1. The van der Waals surface area contributed by atoms with Gasteiger partial charge in [-0.05, 0) is 19.1 Å². The fourth-order valence-electron chi connectivity index (χ4n) is 2.85. The van der Waals surface area contributed by atoms with E-state index >= 15 is 0 Å². The van der Waals surface area contributed by atoms with Gasteiger partial charge in [-0.2, -0.15) is 5.26 Å². The number of hydrogen-bond acceptors (Lipinski definition) is 8. The summed E-state index contributed by atoms with van der Waals surface area (Å²) in [7, 11) is 1.57. The molecular formula is C19H17N5O4. The van der Waals surface area contributed by atoms with Gasteiger partial charge in [-0.1, -0.05) is 6.07 Å². The van der Waals surface area contributed by atoms with Gasteiger partial charge in [0, 0.05) is 13.2 Å². The summed E-state index contributed by atoms with van der Waals surface area (Å²) < 4.78 is 6.42. The van der Waals surface area contributed by atoms with E-state index in [-0.39, 0.29) is 30.0 Å². The van der Waals surface area contributed by atoms with Gasteiger partial charge in [0.25, 0.3) is 5.56 Å². The van der Waals surface area contributed by atoms with E-state index in [0.717, 1.165) is 0 Å². The summed E-state index contributed by atoms with van der Waals surface area (Å²) in [6.07, 6.45) is 4.24. The topological polar surface area (TPSA) is 121 Å². The maximum Gasteiger partial charge on any atom is 0.342 e. The number of nitrogens with zero attached hydrogens (tertiary/aromatic N) is 5. The van der Waals surface area contributed by atoms with Crippen LogP contribution in [0, 0.1) is 11.3 Å². The Kier molecular flexibility index (Phi) is 5.33. The zero-order valence-electron chi connectivity index (χ0n) is 15.3. The van der Waals surface area contributed by atoms with Gasteiger partial charge < -0.3 is 14.7 Å². The molecule has 0 aliphatic rings. The largest absolute Gasteiger partial charge is 0.462 e. The van der Waals surface area contributed by atoms with Crippen molar-refractivity contribution >= 4 is 23.0 Å². The first-order valence-electron chi connectivity index (χ1n) is 8.43. The van der Waals surface area contributed by atoms with E-state index < -0.39 is 11.5 Å². The number of ether oxygens (including phenoxy) is 1. The molecule has 0 saturated heterocycles. The molecule has 0 spiro atoms. The Morgan fingerprint density at radius 3 is 2.75 bits per heavy atom. The molecular weight excluding hydrogens is 362 g/mol. The monoisotopic (exact) mass is 379 g/mol. The maximum atomic E-state index is 12.8. The van der Waals surface area contributed by atoms with Gasteiger partial charge >= 0.3 is 5.97 Å². The normalized spacial score (nSPS) is 10.5. The zero-order valence-corrected chi connectivity index (χ0v) is 15.3. The summed E-state index contributed by atoms with van der Waals surface area (Å²) >= 11 is 0. The van der Waals surface area contributed by atoms with Gasteiger partial charge in [0.15, 0.2) is 5.82 Å². The van der Waals surface area contributed by atoms with Crippen LogP contribution in [-0.2, 0) is 11.3 Å². The number of nitriles is 1. The van der Waals surface area contributed by atoms with Gasteiger partial charge in [-0.3, -0.25) is 14.2 Å². The van der Waals surface area contributed by atoms with Crippen molar-refractivity contribution in [1.29, 1.82) is 5.26 Å². The number of aliphatic hydroxyl groups is 1. The lowest BCUT2D eigenvalue weighted by atomic mass is 10.1. The fraction of sp³-hybridized carbons (Fsp3) is 0.211. The third-order valence-electron chi connectivity index (χ3n) is 4.15. The van der Waals surface area contributed by atoms with Crippen LogP contribution in [0.15, 0.2) is 41.6 Å². The molecule has 3 aromatic rings. The Labute approximate surface area is 160 Å². The molecule has 9 heteroatoms. The molecule has 0 bridgehead atoms. The van der Waals surface area contributed by atoms with Gasteiger partial charge in [-0.25, -0.2) is 9.78 Å². The number of aliphatic hydroxyl groups excluding tert-OH is 1. The lowest BCUT2D eigenvalue weighted by Gasteiger charge is -2.23. The van der Waals surface area contributed by atoms with Gasteiger partial charge in [0.05, 0.1) is 42.5 Å². The molecule has 0 aliphatic heterocycles. The van der Waals surface area contributed by atoms with Crippen molar-refractivity contribution in [3.63, 3.8) is 0 Å². The second kappa shape index (κ2) is 7.85. The van der Waals surface area contributed by atoms with Crippen LogP contribution in [0.5, 0.6) is 0 Å². The zero-order chi connectivity index (χ0) is 20.3. The minimum atomic E-state index is -0.663. The number of aromatic nitrogens is 3. The molecule has 3 heterocycles.